The monoisotopic (exact) mass is 420 g/mol. The first-order valence-electron chi connectivity index (χ1n) is 9.15. The van der Waals surface area contributed by atoms with Crippen LogP contribution in [-0.4, -0.2) is 47.1 Å². The average Bonchev–Trinajstić information content (AvgIpc) is 3.13. The maximum atomic E-state index is 12.4. The highest BCUT2D eigenvalue weighted by atomic mass is 32.2. The zero-order valence-corrected chi connectivity index (χ0v) is 17.4. The van der Waals surface area contributed by atoms with E-state index >= 15 is 0 Å². The Balaban J connectivity index is 1.87. The number of nitrogens with one attached hydrogen (secondary N) is 2. The topological polar surface area (TPSA) is 123 Å². The number of hydrogen-bond donors (Lipinski definition) is 2. The molecule has 2 heterocycles. The van der Waals surface area contributed by atoms with Gasteiger partial charge in [0.2, 0.25) is 5.91 Å². The van der Waals surface area contributed by atoms with Crippen LogP contribution in [0, 0.1) is 6.92 Å². The zero-order valence-electron chi connectivity index (χ0n) is 16.6. The van der Waals surface area contributed by atoms with Crippen LogP contribution in [0.5, 0.6) is 0 Å². The van der Waals surface area contributed by atoms with Crippen molar-refractivity contribution >= 4 is 29.5 Å². The number of aromatic nitrogens is 2. The second-order valence-corrected chi connectivity index (χ2v) is 7.19. The third-order valence-corrected chi connectivity index (χ3v) is 4.72. The molecule has 0 aromatic carbocycles. The number of pyridine rings is 1. The zero-order chi connectivity index (χ0) is 21.2. The Hall–Kier alpha value is -2.88. The number of thioether (sulfide) groups is 1. The molecule has 0 saturated carbocycles. The molecule has 2 amide bonds. The Morgan fingerprint density at radius 2 is 2.14 bits per heavy atom. The van der Waals surface area contributed by atoms with Crippen LogP contribution >= 0.6 is 11.8 Å². The SMILES string of the molecule is CCCNC(=O)[C@H](C)NC(=O)COC(=O)c1cccnc1SCc1cc(C)on1. The molecule has 0 saturated heterocycles. The van der Waals surface area contributed by atoms with Crippen LogP contribution in [-0.2, 0) is 20.1 Å². The van der Waals surface area contributed by atoms with E-state index in [0.717, 1.165) is 12.1 Å². The number of nitrogens with zero attached hydrogens (tertiary/aromatic N) is 2. The Kier molecular flexibility index (Phi) is 8.66. The fourth-order valence-corrected chi connectivity index (χ4v) is 3.11. The maximum Gasteiger partial charge on any atom is 0.341 e. The minimum atomic E-state index is -0.719. The fourth-order valence-electron chi connectivity index (χ4n) is 2.25. The lowest BCUT2D eigenvalue weighted by Gasteiger charge is -2.14. The largest absolute Gasteiger partial charge is 0.452 e. The van der Waals surface area contributed by atoms with Crippen LogP contribution < -0.4 is 10.6 Å². The standard InChI is InChI=1S/C19H24N4O5S/c1-4-7-20-17(25)13(3)22-16(24)10-27-19(26)15-6-5-8-21-18(15)29-11-14-9-12(2)28-23-14/h5-6,8-9,13H,4,7,10-11H2,1-3H3,(H,20,25)(H,22,24)/t13-/m0/s1. The van der Waals surface area contributed by atoms with Crippen LogP contribution in [0.15, 0.2) is 33.9 Å². The summed E-state index contributed by atoms with van der Waals surface area (Å²) in [5, 5.41) is 9.54. The van der Waals surface area contributed by atoms with E-state index in [1.165, 1.54) is 11.8 Å². The van der Waals surface area contributed by atoms with E-state index in [4.69, 9.17) is 9.26 Å². The fraction of sp³-hybridized carbons (Fsp3) is 0.421. The van der Waals surface area contributed by atoms with E-state index in [9.17, 15) is 14.4 Å². The molecular weight excluding hydrogens is 396 g/mol. The highest BCUT2D eigenvalue weighted by Crippen LogP contribution is 2.24. The maximum absolute atomic E-state index is 12.4. The number of aryl methyl sites for hydroxylation is 1. The third-order valence-electron chi connectivity index (χ3n) is 3.68. The van der Waals surface area contributed by atoms with E-state index in [2.05, 4.69) is 20.8 Å². The molecule has 0 spiro atoms. The predicted molar refractivity (Wildman–Crippen MR) is 106 cm³/mol. The number of hydrogen-bond acceptors (Lipinski definition) is 8. The molecule has 1 atom stereocenters. The van der Waals surface area contributed by atoms with E-state index in [-0.39, 0.29) is 11.5 Å². The Bertz CT molecular complexity index is 855. The predicted octanol–water partition coefficient (Wildman–Crippen LogP) is 1.86. The van der Waals surface area contributed by atoms with Crippen molar-refractivity contribution < 1.29 is 23.6 Å². The summed E-state index contributed by atoms with van der Waals surface area (Å²) >= 11 is 1.31. The van der Waals surface area contributed by atoms with Gasteiger partial charge >= 0.3 is 5.97 Å². The van der Waals surface area contributed by atoms with Crippen molar-refractivity contribution in [3.63, 3.8) is 0 Å². The molecule has 0 unspecified atom stereocenters. The van der Waals surface area contributed by atoms with E-state index in [1.807, 2.05) is 6.92 Å². The van der Waals surface area contributed by atoms with Crippen molar-refractivity contribution in [1.82, 2.24) is 20.8 Å². The second kappa shape index (κ2) is 11.2. The summed E-state index contributed by atoms with van der Waals surface area (Å²) in [6.45, 7) is 5.33. The van der Waals surface area contributed by atoms with Crippen molar-refractivity contribution in [2.75, 3.05) is 13.2 Å². The summed E-state index contributed by atoms with van der Waals surface area (Å²) in [6, 6.07) is 4.27. The minimum Gasteiger partial charge on any atom is -0.452 e. The van der Waals surface area contributed by atoms with Crippen LogP contribution in [0.4, 0.5) is 0 Å². The Labute approximate surface area is 173 Å². The van der Waals surface area contributed by atoms with Crippen molar-refractivity contribution in [2.24, 2.45) is 0 Å². The number of carbonyl (C=O) groups excluding carboxylic acids is 3. The van der Waals surface area contributed by atoms with Gasteiger partial charge in [-0.3, -0.25) is 9.59 Å². The lowest BCUT2D eigenvalue weighted by Crippen LogP contribution is -2.46. The molecule has 2 N–H and O–H groups in total. The van der Waals surface area contributed by atoms with Crippen molar-refractivity contribution in [1.29, 1.82) is 0 Å². The van der Waals surface area contributed by atoms with Gasteiger partial charge in [-0.2, -0.15) is 0 Å². The molecule has 0 aliphatic rings. The second-order valence-electron chi connectivity index (χ2n) is 6.23. The summed E-state index contributed by atoms with van der Waals surface area (Å²) in [5.41, 5.74) is 0.978. The Morgan fingerprint density at radius 1 is 1.34 bits per heavy atom. The number of ether oxygens (including phenoxy) is 1. The van der Waals surface area contributed by atoms with Gasteiger partial charge in [-0.25, -0.2) is 9.78 Å². The smallest absolute Gasteiger partial charge is 0.341 e. The lowest BCUT2D eigenvalue weighted by molar-refractivity contribution is -0.130. The number of esters is 1. The third kappa shape index (κ3) is 7.22. The van der Waals surface area contributed by atoms with Crippen molar-refractivity contribution in [3.8, 4) is 0 Å². The van der Waals surface area contributed by atoms with Crippen LogP contribution in [0.25, 0.3) is 0 Å². The van der Waals surface area contributed by atoms with E-state index in [1.54, 1.807) is 38.2 Å². The molecule has 2 aromatic rings. The Morgan fingerprint density at radius 3 is 2.83 bits per heavy atom. The van der Waals surface area contributed by atoms with Gasteiger partial charge in [0.05, 0.1) is 11.3 Å². The molecule has 10 heteroatoms. The normalized spacial score (nSPS) is 11.6. The summed E-state index contributed by atoms with van der Waals surface area (Å²) in [5.74, 6) is -0.353. The van der Waals surface area contributed by atoms with Gasteiger partial charge in [0.1, 0.15) is 16.8 Å². The molecule has 0 radical (unpaired) electrons. The number of rotatable bonds is 10. The van der Waals surface area contributed by atoms with Gasteiger partial charge < -0.3 is 19.9 Å². The molecule has 156 valence electrons. The van der Waals surface area contributed by atoms with E-state index in [0.29, 0.717) is 23.1 Å². The lowest BCUT2D eigenvalue weighted by atomic mass is 10.3. The highest BCUT2D eigenvalue weighted by molar-refractivity contribution is 7.98. The van der Waals surface area contributed by atoms with Gasteiger partial charge in [-0.15, -0.1) is 0 Å². The first kappa shape index (κ1) is 22.4. The quantitative estimate of drug-likeness (QED) is 0.441. The summed E-state index contributed by atoms with van der Waals surface area (Å²) < 4.78 is 10.1. The highest BCUT2D eigenvalue weighted by Gasteiger charge is 2.19. The molecule has 0 aliphatic heterocycles. The molecule has 0 bridgehead atoms. The van der Waals surface area contributed by atoms with Crippen molar-refractivity contribution in [3.05, 3.63) is 41.4 Å². The molecule has 0 aliphatic carbocycles. The first-order valence-corrected chi connectivity index (χ1v) is 10.1. The molecule has 9 nitrogen and oxygen atoms in total. The van der Waals surface area contributed by atoms with Gasteiger partial charge in [-0.1, -0.05) is 23.8 Å². The van der Waals surface area contributed by atoms with Crippen LogP contribution in [0.2, 0.25) is 0 Å². The van der Waals surface area contributed by atoms with E-state index < -0.39 is 24.5 Å². The van der Waals surface area contributed by atoms with Gasteiger partial charge in [-0.05, 0) is 32.4 Å². The van der Waals surface area contributed by atoms with Gasteiger partial charge in [0, 0.05) is 24.6 Å². The summed E-state index contributed by atoms with van der Waals surface area (Å²) in [6.07, 6.45) is 2.36. The molecule has 2 rings (SSSR count). The van der Waals surface area contributed by atoms with Gasteiger partial charge in [0.25, 0.3) is 5.91 Å². The van der Waals surface area contributed by atoms with Crippen molar-refractivity contribution in [2.45, 2.75) is 44.0 Å². The molecular formula is C19H24N4O5S. The summed E-state index contributed by atoms with van der Waals surface area (Å²) in [4.78, 5) is 40.3. The molecule has 2 aromatic heterocycles. The number of carbonyl (C=O) groups is 3. The summed E-state index contributed by atoms with van der Waals surface area (Å²) in [7, 11) is 0. The van der Waals surface area contributed by atoms with Crippen LogP contribution in [0.1, 0.15) is 42.1 Å². The first-order chi connectivity index (χ1) is 13.9. The minimum absolute atomic E-state index is 0.249. The van der Waals surface area contributed by atoms with Crippen LogP contribution in [0.3, 0.4) is 0 Å². The molecule has 29 heavy (non-hydrogen) atoms. The number of amides is 2. The molecule has 0 fully saturated rings. The average molecular weight is 420 g/mol. The van der Waals surface area contributed by atoms with Gasteiger partial charge in [0.15, 0.2) is 6.61 Å².